The van der Waals surface area contributed by atoms with Gasteiger partial charge in [0.25, 0.3) is 5.91 Å². The second-order valence-corrected chi connectivity index (χ2v) is 11.1. The number of hydrogen-bond acceptors (Lipinski definition) is 8. The maximum atomic E-state index is 13.1. The lowest BCUT2D eigenvalue weighted by Crippen LogP contribution is -2.50. The van der Waals surface area contributed by atoms with Gasteiger partial charge in [-0.3, -0.25) is 4.79 Å². The molecule has 0 bridgehead atoms. The molecule has 0 radical (unpaired) electrons. The van der Waals surface area contributed by atoms with Gasteiger partial charge in [-0.05, 0) is 31.2 Å². The average molecular weight is 549 g/mol. The van der Waals surface area contributed by atoms with Crippen molar-refractivity contribution in [1.82, 2.24) is 13.8 Å². The number of hydrogen-bond donors (Lipinski definition) is 0. The summed E-state index contributed by atoms with van der Waals surface area (Å²) in [5.41, 5.74) is 1.09. The molecule has 2 aromatic carbocycles. The standard InChI is InChI=1S/C24H28N4O7S2/c1-5-35-24(30)27-10-12-28(13-11-27)37(31,32)17-8-6-16(7-9-17)22(29)25-23-26(2)18-14-19(33-3)20(34-4)15-21(18)36-23/h6-9,14-15H,5,10-13H2,1-4H3. The van der Waals surface area contributed by atoms with Crippen LogP contribution < -0.4 is 14.3 Å². The Morgan fingerprint density at radius 3 is 2.22 bits per heavy atom. The topological polar surface area (TPSA) is 120 Å². The van der Waals surface area contributed by atoms with Crippen LogP contribution in [0.4, 0.5) is 4.79 Å². The van der Waals surface area contributed by atoms with Crippen molar-refractivity contribution in [2.24, 2.45) is 12.0 Å². The summed E-state index contributed by atoms with van der Waals surface area (Å²) in [5, 5.41) is 0. The number of carbonyl (C=O) groups is 2. The fourth-order valence-electron chi connectivity index (χ4n) is 3.96. The lowest BCUT2D eigenvalue weighted by Gasteiger charge is -2.33. The summed E-state index contributed by atoms with van der Waals surface area (Å²) in [6.45, 7) is 2.80. The molecule has 0 atom stereocenters. The smallest absolute Gasteiger partial charge is 0.409 e. The number of aromatic nitrogens is 1. The van der Waals surface area contributed by atoms with Gasteiger partial charge in [-0.2, -0.15) is 9.30 Å². The molecular formula is C24H28N4O7S2. The molecule has 13 heteroatoms. The van der Waals surface area contributed by atoms with E-state index in [1.165, 1.54) is 44.8 Å². The van der Waals surface area contributed by atoms with Crippen LogP contribution in [0.5, 0.6) is 11.5 Å². The Morgan fingerprint density at radius 1 is 1.00 bits per heavy atom. The molecule has 11 nitrogen and oxygen atoms in total. The third kappa shape index (κ3) is 5.33. The van der Waals surface area contributed by atoms with Crippen molar-refractivity contribution in [2.45, 2.75) is 11.8 Å². The van der Waals surface area contributed by atoms with Crippen LogP contribution in [0.1, 0.15) is 17.3 Å². The van der Waals surface area contributed by atoms with Crippen molar-refractivity contribution >= 4 is 43.6 Å². The fourth-order valence-corrected chi connectivity index (χ4v) is 6.41. The summed E-state index contributed by atoms with van der Waals surface area (Å²) in [6.07, 6.45) is -0.448. The van der Waals surface area contributed by atoms with Gasteiger partial charge in [0.15, 0.2) is 16.3 Å². The Bertz CT molecular complexity index is 1490. The molecule has 1 aliphatic heterocycles. The molecule has 0 N–H and O–H groups in total. The van der Waals surface area contributed by atoms with E-state index in [2.05, 4.69) is 4.99 Å². The highest BCUT2D eigenvalue weighted by atomic mass is 32.2. The van der Waals surface area contributed by atoms with Crippen LogP contribution in [0.2, 0.25) is 0 Å². The van der Waals surface area contributed by atoms with Crippen LogP contribution in [-0.2, 0) is 21.8 Å². The van der Waals surface area contributed by atoms with Gasteiger partial charge in [-0.15, -0.1) is 0 Å². The quantitative estimate of drug-likeness (QED) is 0.464. The van der Waals surface area contributed by atoms with Crippen molar-refractivity contribution in [3.8, 4) is 11.5 Å². The van der Waals surface area contributed by atoms with Gasteiger partial charge in [0.2, 0.25) is 10.0 Å². The van der Waals surface area contributed by atoms with Gasteiger partial charge in [-0.1, -0.05) is 11.3 Å². The van der Waals surface area contributed by atoms with Crippen molar-refractivity contribution < 1.29 is 32.2 Å². The van der Waals surface area contributed by atoms with Crippen molar-refractivity contribution in [3.05, 3.63) is 46.8 Å². The van der Waals surface area contributed by atoms with Crippen LogP contribution >= 0.6 is 11.3 Å². The molecule has 0 spiro atoms. The lowest BCUT2D eigenvalue weighted by atomic mass is 10.2. The number of piperazine rings is 1. The molecular weight excluding hydrogens is 520 g/mol. The number of fused-ring (bicyclic) bond motifs is 1. The predicted octanol–water partition coefficient (Wildman–Crippen LogP) is 2.46. The van der Waals surface area contributed by atoms with E-state index < -0.39 is 22.0 Å². The molecule has 2 heterocycles. The van der Waals surface area contributed by atoms with Gasteiger partial charge < -0.3 is 23.7 Å². The van der Waals surface area contributed by atoms with E-state index in [1.54, 1.807) is 32.8 Å². The molecule has 1 saturated heterocycles. The van der Waals surface area contributed by atoms with Crippen LogP contribution in [0.25, 0.3) is 10.2 Å². The minimum Gasteiger partial charge on any atom is -0.493 e. The number of thiazole rings is 1. The van der Waals surface area contributed by atoms with E-state index in [1.807, 2.05) is 12.1 Å². The molecule has 4 rings (SSSR count). The largest absolute Gasteiger partial charge is 0.493 e. The van der Waals surface area contributed by atoms with E-state index >= 15 is 0 Å². The van der Waals surface area contributed by atoms with Gasteiger partial charge in [0.1, 0.15) is 0 Å². The predicted molar refractivity (Wildman–Crippen MR) is 138 cm³/mol. The summed E-state index contributed by atoms with van der Waals surface area (Å²) in [5.74, 6) is 0.655. The van der Waals surface area contributed by atoms with Crippen LogP contribution in [0.3, 0.4) is 0 Å². The van der Waals surface area contributed by atoms with Gasteiger partial charge in [0, 0.05) is 50.9 Å². The monoisotopic (exact) mass is 548 g/mol. The Hall–Kier alpha value is -3.42. The zero-order valence-corrected chi connectivity index (χ0v) is 22.6. The molecule has 37 heavy (non-hydrogen) atoms. The highest BCUT2D eigenvalue weighted by molar-refractivity contribution is 7.89. The summed E-state index contributed by atoms with van der Waals surface area (Å²) in [6, 6.07) is 9.35. The highest BCUT2D eigenvalue weighted by Crippen LogP contribution is 2.33. The van der Waals surface area contributed by atoms with Gasteiger partial charge in [0.05, 0.1) is 35.9 Å². The number of methoxy groups -OCH3 is 2. The SMILES string of the molecule is CCOC(=O)N1CCN(S(=O)(=O)c2ccc(C(=O)N=c3sc4cc(OC)c(OC)cc4n3C)cc2)CC1. The zero-order chi connectivity index (χ0) is 26.7. The van der Waals surface area contributed by atoms with Crippen LogP contribution in [0, 0.1) is 0 Å². The molecule has 1 aliphatic rings. The third-order valence-electron chi connectivity index (χ3n) is 6.02. The van der Waals surface area contributed by atoms with Gasteiger partial charge >= 0.3 is 6.09 Å². The molecule has 2 amide bonds. The molecule has 198 valence electrons. The van der Waals surface area contributed by atoms with Gasteiger partial charge in [-0.25, -0.2) is 13.2 Å². The molecule has 1 aromatic heterocycles. The van der Waals surface area contributed by atoms with Crippen molar-refractivity contribution in [3.63, 3.8) is 0 Å². The Labute approximate surface area is 218 Å². The summed E-state index contributed by atoms with van der Waals surface area (Å²) in [7, 11) is 1.13. The number of rotatable bonds is 6. The normalized spacial score (nSPS) is 15.1. The molecule has 3 aromatic rings. The lowest BCUT2D eigenvalue weighted by molar-refractivity contribution is 0.0933. The first-order valence-electron chi connectivity index (χ1n) is 11.5. The van der Waals surface area contributed by atoms with E-state index in [4.69, 9.17) is 14.2 Å². The van der Waals surface area contributed by atoms with Crippen molar-refractivity contribution in [1.29, 1.82) is 0 Å². The fraction of sp³-hybridized carbons (Fsp3) is 0.375. The minimum absolute atomic E-state index is 0.0697. The molecule has 0 aliphatic carbocycles. The van der Waals surface area contributed by atoms with Crippen LogP contribution in [0.15, 0.2) is 46.3 Å². The maximum Gasteiger partial charge on any atom is 0.409 e. The number of carbonyl (C=O) groups excluding carboxylic acids is 2. The third-order valence-corrected chi connectivity index (χ3v) is 9.02. The summed E-state index contributed by atoms with van der Waals surface area (Å²) >= 11 is 1.33. The number of amides is 2. The number of nitrogens with zero attached hydrogens (tertiary/aromatic N) is 4. The summed E-state index contributed by atoms with van der Waals surface area (Å²) < 4.78 is 45.8. The first-order chi connectivity index (χ1) is 17.7. The first-order valence-corrected chi connectivity index (χ1v) is 13.8. The number of benzene rings is 2. The second-order valence-electron chi connectivity index (χ2n) is 8.15. The highest BCUT2D eigenvalue weighted by Gasteiger charge is 2.30. The molecule has 1 fully saturated rings. The van der Waals surface area contributed by atoms with E-state index in [0.717, 1.165) is 10.2 Å². The molecule has 0 unspecified atom stereocenters. The Kier molecular flexibility index (Phi) is 7.85. The van der Waals surface area contributed by atoms with Crippen molar-refractivity contribution in [2.75, 3.05) is 47.0 Å². The number of sulfonamides is 1. The first kappa shape index (κ1) is 26.6. The number of ether oxygens (including phenoxy) is 3. The number of aryl methyl sites for hydroxylation is 1. The zero-order valence-electron chi connectivity index (χ0n) is 21.0. The minimum atomic E-state index is -3.78. The van der Waals surface area contributed by atoms with E-state index in [0.29, 0.717) is 16.3 Å². The van der Waals surface area contributed by atoms with E-state index in [9.17, 15) is 18.0 Å². The second kappa shape index (κ2) is 10.9. The summed E-state index contributed by atoms with van der Waals surface area (Å²) in [4.78, 5) is 31.0. The Morgan fingerprint density at radius 2 is 1.62 bits per heavy atom. The van der Waals surface area contributed by atoms with Crippen LogP contribution in [-0.4, -0.2) is 81.2 Å². The average Bonchev–Trinajstić information content (AvgIpc) is 3.21. The molecule has 0 saturated carbocycles. The Balaban J connectivity index is 1.52. The maximum absolute atomic E-state index is 13.1. The van der Waals surface area contributed by atoms with E-state index in [-0.39, 0.29) is 43.2 Å².